The molecule has 1 fully saturated rings. The first kappa shape index (κ1) is 16.3. The molecule has 21 heavy (non-hydrogen) atoms. The fourth-order valence-corrected chi connectivity index (χ4v) is 3.43. The third-order valence-electron chi connectivity index (χ3n) is 4.47. The minimum absolute atomic E-state index is 0.204. The third kappa shape index (κ3) is 4.19. The van der Waals surface area contributed by atoms with Crippen molar-refractivity contribution < 1.29 is 17.6 Å². The maximum absolute atomic E-state index is 13.2. The summed E-state index contributed by atoms with van der Waals surface area (Å²) in [6, 6.07) is 5.82. The van der Waals surface area contributed by atoms with Crippen molar-refractivity contribution in [2.45, 2.75) is 44.3 Å². The molecule has 1 nitrogen and oxygen atoms in total. The molecule has 3 unspecified atom stereocenters. The Balaban J connectivity index is 2.14. The molecule has 0 saturated heterocycles. The van der Waals surface area contributed by atoms with Crippen LogP contribution in [0.15, 0.2) is 24.3 Å². The lowest BCUT2D eigenvalue weighted by atomic mass is 9.73. The van der Waals surface area contributed by atoms with E-state index in [1.165, 1.54) is 12.1 Å². The second-order valence-electron chi connectivity index (χ2n) is 5.83. The Labute approximate surface area is 122 Å². The van der Waals surface area contributed by atoms with Crippen LogP contribution < -0.4 is 5.32 Å². The summed E-state index contributed by atoms with van der Waals surface area (Å²) in [5.74, 6) is -2.04. The summed E-state index contributed by atoms with van der Waals surface area (Å²) in [6.45, 7) is 0. The van der Waals surface area contributed by atoms with Gasteiger partial charge in [0.15, 0.2) is 0 Å². The van der Waals surface area contributed by atoms with E-state index in [2.05, 4.69) is 5.32 Å². The number of benzene rings is 1. The lowest BCUT2D eigenvalue weighted by Gasteiger charge is -2.38. The third-order valence-corrected chi connectivity index (χ3v) is 4.47. The number of hydrogen-bond acceptors (Lipinski definition) is 1. The predicted molar refractivity (Wildman–Crippen MR) is 74.5 cm³/mol. The molecular weight excluding hydrogens is 282 g/mol. The van der Waals surface area contributed by atoms with Gasteiger partial charge in [-0.2, -0.15) is 13.2 Å². The van der Waals surface area contributed by atoms with Crippen LogP contribution in [0.2, 0.25) is 0 Å². The van der Waals surface area contributed by atoms with Crippen LogP contribution in [0.5, 0.6) is 0 Å². The summed E-state index contributed by atoms with van der Waals surface area (Å²) in [7, 11) is 1.69. The van der Waals surface area contributed by atoms with Gasteiger partial charge in [-0.25, -0.2) is 4.39 Å². The highest BCUT2D eigenvalue weighted by atomic mass is 19.4. The molecule has 0 radical (unpaired) electrons. The number of nitrogens with one attached hydrogen (secondary N) is 1. The molecule has 0 amide bonds. The molecule has 5 heteroatoms. The van der Waals surface area contributed by atoms with Crippen LogP contribution in [-0.4, -0.2) is 19.3 Å². The Hall–Kier alpha value is -1.10. The van der Waals surface area contributed by atoms with Crippen molar-refractivity contribution in [3.05, 3.63) is 35.6 Å². The maximum Gasteiger partial charge on any atom is 0.392 e. The van der Waals surface area contributed by atoms with E-state index in [1.54, 1.807) is 19.2 Å². The van der Waals surface area contributed by atoms with Crippen LogP contribution in [0.1, 0.15) is 31.2 Å². The normalized spacial score (nSPS) is 24.8. The summed E-state index contributed by atoms with van der Waals surface area (Å²) in [6.07, 6.45) is -1.48. The van der Waals surface area contributed by atoms with Gasteiger partial charge in [0.2, 0.25) is 0 Å². The van der Waals surface area contributed by atoms with Crippen LogP contribution in [0.4, 0.5) is 17.6 Å². The SMILES string of the molecule is CNC(Cc1cccc(F)c1)C1CCCCC1C(F)(F)F. The molecule has 1 aliphatic carbocycles. The molecule has 0 heterocycles. The van der Waals surface area contributed by atoms with Crippen molar-refractivity contribution in [2.24, 2.45) is 11.8 Å². The van der Waals surface area contributed by atoms with Gasteiger partial charge < -0.3 is 5.32 Å². The average molecular weight is 303 g/mol. The van der Waals surface area contributed by atoms with Gasteiger partial charge in [-0.3, -0.25) is 0 Å². The van der Waals surface area contributed by atoms with E-state index in [1.807, 2.05) is 0 Å². The Morgan fingerprint density at radius 3 is 2.57 bits per heavy atom. The van der Waals surface area contributed by atoms with Crippen LogP contribution in [0.25, 0.3) is 0 Å². The molecular formula is C16H21F4N. The Morgan fingerprint density at radius 1 is 1.24 bits per heavy atom. The highest BCUT2D eigenvalue weighted by Crippen LogP contribution is 2.43. The largest absolute Gasteiger partial charge is 0.392 e. The second kappa shape index (κ2) is 6.77. The van der Waals surface area contributed by atoms with E-state index in [-0.39, 0.29) is 18.3 Å². The van der Waals surface area contributed by atoms with Crippen molar-refractivity contribution in [2.75, 3.05) is 7.05 Å². The smallest absolute Gasteiger partial charge is 0.316 e. The van der Waals surface area contributed by atoms with Gasteiger partial charge in [0.1, 0.15) is 5.82 Å². The first-order valence-electron chi connectivity index (χ1n) is 7.40. The summed E-state index contributed by atoms with van der Waals surface area (Å²) in [5.41, 5.74) is 0.737. The van der Waals surface area contributed by atoms with Crippen LogP contribution >= 0.6 is 0 Å². The van der Waals surface area contributed by atoms with Gasteiger partial charge in [0, 0.05) is 6.04 Å². The van der Waals surface area contributed by atoms with Gasteiger partial charge >= 0.3 is 6.18 Å². The number of hydrogen-bond donors (Lipinski definition) is 1. The van der Waals surface area contributed by atoms with E-state index < -0.39 is 18.0 Å². The maximum atomic E-state index is 13.2. The highest BCUT2D eigenvalue weighted by Gasteiger charge is 2.47. The molecule has 118 valence electrons. The zero-order valence-corrected chi connectivity index (χ0v) is 12.1. The standard InChI is InChI=1S/C16H21F4N/c1-21-15(10-11-5-4-6-12(17)9-11)13-7-2-3-8-14(13)16(18,19)20/h4-6,9,13-15,21H,2-3,7-8,10H2,1H3. The fraction of sp³-hybridized carbons (Fsp3) is 0.625. The molecule has 0 bridgehead atoms. The number of likely N-dealkylation sites (N-methyl/N-ethyl adjacent to an activating group) is 1. The number of halogens is 4. The molecule has 1 saturated carbocycles. The number of rotatable bonds is 4. The van der Waals surface area contributed by atoms with E-state index in [0.717, 1.165) is 12.0 Å². The molecule has 0 spiro atoms. The van der Waals surface area contributed by atoms with Gasteiger partial charge in [-0.15, -0.1) is 0 Å². The van der Waals surface area contributed by atoms with Gasteiger partial charge in [-0.1, -0.05) is 25.0 Å². The minimum Gasteiger partial charge on any atom is -0.316 e. The summed E-state index contributed by atoms with van der Waals surface area (Å²) < 4.78 is 52.8. The monoisotopic (exact) mass is 303 g/mol. The first-order chi connectivity index (χ1) is 9.91. The average Bonchev–Trinajstić information content (AvgIpc) is 2.44. The van der Waals surface area contributed by atoms with E-state index in [4.69, 9.17) is 0 Å². The van der Waals surface area contributed by atoms with Gasteiger partial charge in [0.25, 0.3) is 0 Å². The summed E-state index contributed by atoms with van der Waals surface area (Å²) in [5, 5.41) is 3.02. The van der Waals surface area contributed by atoms with Crippen LogP contribution in [0, 0.1) is 17.7 Å². The topological polar surface area (TPSA) is 12.0 Å². The van der Waals surface area contributed by atoms with Gasteiger partial charge in [0.05, 0.1) is 5.92 Å². The van der Waals surface area contributed by atoms with Crippen molar-refractivity contribution in [3.8, 4) is 0 Å². The van der Waals surface area contributed by atoms with E-state index in [0.29, 0.717) is 19.3 Å². The second-order valence-corrected chi connectivity index (χ2v) is 5.83. The van der Waals surface area contributed by atoms with E-state index in [9.17, 15) is 17.6 Å². The van der Waals surface area contributed by atoms with Gasteiger partial charge in [-0.05, 0) is 49.9 Å². The molecule has 1 aromatic rings. The first-order valence-corrected chi connectivity index (χ1v) is 7.40. The minimum atomic E-state index is -4.15. The molecule has 2 rings (SSSR count). The molecule has 0 aliphatic heterocycles. The van der Waals surface area contributed by atoms with Crippen LogP contribution in [0.3, 0.4) is 0 Å². The summed E-state index contributed by atoms with van der Waals surface area (Å²) in [4.78, 5) is 0. The fourth-order valence-electron chi connectivity index (χ4n) is 3.43. The molecule has 0 aromatic heterocycles. The zero-order chi connectivity index (χ0) is 15.5. The van der Waals surface area contributed by atoms with Crippen LogP contribution in [-0.2, 0) is 6.42 Å². The number of alkyl halides is 3. The van der Waals surface area contributed by atoms with Crippen molar-refractivity contribution in [1.29, 1.82) is 0 Å². The Morgan fingerprint density at radius 2 is 1.95 bits per heavy atom. The lowest BCUT2D eigenvalue weighted by molar-refractivity contribution is -0.199. The predicted octanol–water partition coefficient (Wildman–Crippen LogP) is 4.32. The Bertz CT molecular complexity index is 458. The molecule has 1 aliphatic rings. The molecule has 1 aromatic carbocycles. The lowest BCUT2D eigenvalue weighted by Crippen LogP contribution is -2.45. The van der Waals surface area contributed by atoms with E-state index >= 15 is 0 Å². The van der Waals surface area contributed by atoms with Crippen molar-refractivity contribution in [1.82, 2.24) is 5.32 Å². The molecule has 3 atom stereocenters. The molecule has 1 N–H and O–H groups in total. The van der Waals surface area contributed by atoms with Crippen molar-refractivity contribution >= 4 is 0 Å². The quantitative estimate of drug-likeness (QED) is 0.817. The highest BCUT2D eigenvalue weighted by molar-refractivity contribution is 5.18. The summed E-state index contributed by atoms with van der Waals surface area (Å²) >= 11 is 0. The van der Waals surface area contributed by atoms with Crippen molar-refractivity contribution in [3.63, 3.8) is 0 Å². The zero-order valence-electron chi connectivity index (χ0n) is 12.1. The Kier molecular flexibility index (Phi) is 5.25.